The maximum absolute atomic E-state index is 12.4. The van der Waals surface area contributed by atoms with Crippen LogP contribution in [0, 0.1) is 0 Å². The number of thiophene rings is 1. The molecule has 1 saturated heterocycles. The number of carbonyl (C=O) groups is 5. The monoisotopic (exact) mass is 514 g/mol. The predicted molar refractivity (Wildman–Crippen MR) is 117 cm³/mol. The molecule has 0 amide bonds. The summed E-state index contributed by atoms with van der Waals surface area (Å²) >= 11 is 1.31. The lowest BCUT2D eigenvalue weighted by Gasteiger charge is -2.43. The first-order valence-corrected chi connectivity index (χ1v) is 11.2. The van der Waals surface area contributed by atoms with E-state index in [2.05, 4.69) is 0 Å². The van der Waals surface area contributed by atoms with Crippen LogP contribution in [0.5, 0.6) is 0 Å². The van der Waals surface area contributed by atoms with Crippen LogP contribution < -0.4 is 0 Å². The number of carbonyl (C=O) groups excluding carboxylic acids is 5. The molecule has 1 aliphatic heterocycles. The molecule has 1 aliphatic rings. The summed E-state index contributed by atoms with van der Waals surface area (Å²) in [4.78, 5) is 60.0. The van der Waals surface area contributed by atoms with Crippen molar-refractivity contribution in [3.05, 3.63) is 28.1 Å². The Morgan fingerprint density at radius 3 is 2.00 bits per heavy atom. The summed E-state index contributed by atoms with van der Waals surface area (Å²) in [7, 11) is 1.14. The maximum atomic E-state index is 12.4. The maximum Gasteiger partial charge on any atom is 0.373 e. The Bertz CT molecular complexity index is 954. The lowest BCUT2D eigenvalue weighted by atomic mass is 9.98. The van der Waals surface area contributed by atoms with E-state index in [1.54, 1.807) is 17.5 Å². The summed E-state index contributed by atoms with van der Waals surface area (Å²) in [6, 6.07) is 3.46. The van der Waals surface area contributed by atoms with Gasteiger partial charge in [0, 0.05) is 38.6 Å². The van der Waals surface area contributed by atoms with Gasteiger partial charge >= 0.3 is 29.8 Å². The van der Waals surface area contributed by atoms with Crippen molar-refractivity contribution in [1.82, 2.24) is 0 Å². The molecule has 0 radical (unpaired) electrons. The van der Waals surface area contributed by atoms with Gasteiger partial charge in [0.1, 0.15) is 12.7 Å². The lowest BCUT2D eigenvalue weighted by Crippen LogP contribution is -2.63. The van der Waals surface area contributed by atoms with Gasteiger partial charge in [0.2, 0.25) is 18.2 Å². The van der Waals surface area contributed by atoms with Gasteiger partial charge < -0.3 is 33.2 Å². The minimum Gasteiger partial charge on any atom is -0.463 e. The van der Waals surface area contributed by atoms with Gasteiger partial charge in [0.05, 0.1) is 7.11 Å². The van der Waals surface area contributed by atoms with Gasteiger partial charge in [-0.15, -0.1) is 11.3 Å². The largest absolute Gasteiger partial charge is 0.463 e. The van der Waals surface area contributed by atoms with Gasteiger partial charge in [-0.25, -0.2) is 4.79 Å². The third kappa shape index (κ3) is 8.37. The Morgan fingerprint density at radius 1 is 0.886 bits per heavy atom. The number of ether oxygens (including phenoxy) is 7. The highest BCUT2D eigenvalue weighted by Crippen LogP contribution is 2.31. The summed E-state index contributed by atoms with van der Waals surface area (Å²) in [5.41, 5.74) is 0. The molecule has 1 aromatic rings. The Balaban J connectivity index is 2.52. The minimum absolute atomic E-state index is 0.309. The van der Waals surface area contributed by atoms with Crippen LogP contribution in [0.2, 0.25) is 0 Å². The molecule has 1 aromatic heterocycles. The first-order chi connectivity index (χ1) is 16.5. The molecule has 192 valence electrons. The molecular weight excluding hydrogens is 488 g/mol. The first-order valence-electron chi connectivity index (χ1n) is 10.3. The van der Waals surface area contributed by atoms with Crippen LogP contribution in [0.1, 0.15) is 32.6 Å². The molecule has 5 unspecified atom stereocenters. The van der Waals surface area contributed by atoms with Gasteiger partial charge in [-0.05, 0) is 11.4 Å². The molecule has 5 atom stereocenters. The van der Waals surface area contributed by atoms with Crippen LogP contribution in [0.3, 0.4) is 0 Å². The third-order valence-corrected chi connectivity index (χ3v) is 5.21. The summed E-state index contributed by atoms with van der Waals surface area (Å²) in [5, 5.41) is 1.77. The van der Waals surface area contributed by atoms with E-state index in [0.29, 0.717) is 4.88 Å². The van der Waals surface area contributed by atoms with Crippen LogP contribution in [-0.4, -0.2) is 74.3 Å². The topological polar surface area (TPSA) is 150 Å². The van der Waals surface area contributed by atoms with E-state index in [-0.39, 0.29) is 5.76 Å². The van der Waals surface area contributed by atoms with E-state index in [0.717, 1.165) is 34.8 Å². The Hall–Kier alpha value is -3.45. The van der Waals surface area contributed by atoms with E-state index in [1.807, 2.05) is 0 Å². The van der Waals surface area contributed by atoms with Crippen molar-refractivity contribution in [2.45, 2.75) is 58.4 Å². The number of hydrogen-bond acceptors (Lipinski definition) is 13. The van der Waals surface area contributed by atoms with Crippen LogP contribution in [-0.2, 0) is 57.1 Å². The summed E-state index contributed by atoms with van der Waals surface area (Å²) in [6.45, 7) is 4.02. The first kappa shape index (κ1) is 27.8. The predicted octanol–water partition coefficient (Wildman–Crippen LogP) is 1.36. The van der Waals surface area contributed by atoms with Crippen molar-refractivity contribution in [1.29, 1.82) is 0 Å². The molecule has 35 heavy (non-hydrogen) atoms. The van der Waals surface area contributed by atoms with Crippen molar-refractivity contribution in [2.75, 3.05) is 13.7 Å². The van der Waals surface area contributed by atoms with E-state index >= 15 is 0 Å². The molecule has 0 bridgehead atoms. The number of esters is 5. The van der Waals surface area contributed by atoms with Crippen molar-refractivity contribution in [2.24, 2.45) is 0 Å². The molecular formula is C22H26O12S. The van der Waals surface area contributed by atoms with Gasteiger partial charge in [0.15, 0.2) is 12.2 Å². The highest BCUT2D eigenvalue weighted by Gasteiger charge is 2.53. The van der Waals surface area contributed by atoms with Crippen LogP contribution in [0.15, 0.2) is 23.3 Å². The number of methoxy groups -OCH3 is 1. The van der Waals surface area contributed by atoms with Gasteiger partial charge in [-0.1, -0.05) is 6.07 Å². The third-order valence-electron chi connectivity index (χ3n) is 4.39. The summed E-state index contributed by atoms with van der Waals surface area (Å²) in [6.07, 6.45) is -5.65. The summed E-state index contributed by atoms with van der Waals surface area (Å²) in [5.74, 6) is -4.20. The molecule has 12 nitrogen and oxygen atoms in total. The molecule has 2 heterocycles. The van der Waals surface area contributed by atoms with Gasteiger partial charge in [0.25, 0.3) is 0 Å². The number of hydrogen-bond donors (Lipinski definition) is 0. The quantitative estimate of drug-likeness (QED) is 0.203. The van der Waals surface area contributed by atoms with Crippen molar-refractivity contribution in [3.8, 4) is 0 Å². The Labute approximate surface area is 205 Å². The van der Waals surface area contributed by atoms with Crippen molar-refractivity contribution in [3.63, 3.8) is 0 Å². The molecule has 0 spiro atoms. The van der Waals surface area contributed by atoms with Crippen LogP contribution >= 0.6 is 11.3 Å². The highest BCUT2D eigenvalue weighted by molar-refractivity contribution is 7.10. The minimum atomic E-state index is -1.55. The van der Waals surface area contributed by atoms with E-state index in [9.17, 15) is 24.0 Å². The second-order valence-corrected chi connectivity index (χ2v) is 8.18. The second-order valence-electron chi connectivity index (χ2n) is 7.20. The molecule has 0 saturated carbocycles. The average Bonchev–Trinajstić information content (AvgIpc) is 3.27. The normalized spacial score (nSPS) is 24.0. The van der Waals surface area contributed by atoms with Gasteiger partial charge in [-0.2, -0.15) is 0 Å². The van der Waals surface area contributed by atoms with E-state index in [1.165, 1.54) is 17.4 Å². The molecule has 0 N–H and O–H groups in total. The van der Waals surface area contributed by atoms with Crippen LogP contribution in [0.4, 0.5) is 0 Å². The van der Waals surface area contributed by atoms with Crippen LogP contribution in [0.25, 0.3) is 6.08 Å². The molecule has 2 rings (SSSR count). The highest BCUT2D eigenvalue weighted by atomic mass is 32.1. The zero-order valence-corrected chi connectivity index (χ0v) is 20.5. The smallest absolute Gasteiger partial charge is 0.373 e. The Kier molecular flexibility index (Phi) is 10.2. The molecule has 0 aliphatic carbocycles. The van der Waals surface area contributed by atoms with E-state index < -0.39 is 67.2 Å². The molecule has 13 heteroatoms. The van der Waals surface area contributed by atoms with E-state index in [4.69, 9.17) is 33.2 Å². The fourth-order valence-corrected chi connectivity index (χ4v) is 3.80. The zero-order valence-electron chi connectivity index (χ0n) is 19.7. The Morgan fingerprint density at radius 2 is 1.49 bits per heavy atom. The fraction of sp³-hybridized carbons (Fsp3) is 0.500. The summed E-state index contributed by atoms with van der Waals surface area (Å²) < 4.78 is 37.3. The fourth-order valence-electron chi connectivity index (χ4n) is 3.15. The second kappa shape index (κ2) is 12.9. The lowest BCUT2D eigenvalue weighted by molar-refractivity contribution is -0.299. The van der Waals surface area contributed by atoms with Crippen molar-refractivity contribution < 1.29 is 57.1 Å². The average molecular weight is 515 g/mol. The number of rotatable bonds is 9. The standard InChI is InChI=1S/C22H26O12S/c1-11(23)29-10-17-18(30-12(2)24)19(31-13(3)25)20(32-14(4)26)22(34-17)33-16(21(27)28-5)9-15-7-6-8-35-15/h6-9,17-20,22H,10H2,1-5H3. The zero-order chi connectivity index (χ0) is 26.1. The van der Waals surface area contributed by atoms with Crippen molar-refractivity contribution >= 4 is 47.3 Å². The molecule has 0 aromatic carbocycles. The van der Waals surface area contributed by atoms with Gasteiger partial charge in [-0.3, -0.25) is 19.2 Å². The SMILES string of the molecule is COC(=O)C(=Cc1cccs1)OC1OC(COC(C)=O)C(OC(C)=O)C(OC(C)=O)C1OC(C)=O. The molecule has 1 fully saturated rings.